The molecule has 4 N–H and O–H groups in total. The van der Waals surface area contributed by atoms with E-state index >= 15 is 0 Å². The third-order valence-corrected chi connectivity index (χ3v) is 3.06. The second-order valence-electron chi connectivity index (χ2n) is 4.45. The first-order valence-electron chi connectivity index (χ1n) is 5.88. The molecular weight excluding hydrogens is 190 g/mol. The van der Waals surface area contributed by atoms with Gasteiger partial charge in [0.05, 0.1) is 5.84 Å². The molecule has 0 bridgehead atoms. The summed E-state index contributed by atoms with van der Waals surface area (Å²) < 4.78 is 0. The summed E-state index contributed by atoms with van der Waals surface area (Å²) >= 11 is 0. The lowest BCUT2D eigenvalue weighted by Crippen LogP contribution is -2.36. The highest BCUT2D eigenvalue weighted by Gasteiger charge is 2.18. The van der Waals surface area contributed by atoms with E-state index in [0.29, 0.717) is 24.8 Å². The lowest BCUT2D eigenvalue weighted by Gasteiger charge is -2.32. The van der Waals surface area contributed by atoms with E-state index in [9.17, 15) is 0 Å². The lowest BCUT2D eigenvalue weighted by atomic mass is 9.95. The Morgan fingerprint density at radius 1 is 1.53 bits per heavy atom. The number of aliphatic hydroxyl groups is 1. The molecule has 1 aliphatic rings. The molecule has 1 unspecified atom stereocenters. The van der Waals surface area contributed by atoms with Crippen LogP contribution in [0, 0.1) is 11.3 Å². The van der Waals surface area contributed by atoms with E-state index in [1.807, 2.05) is 0 Å². The van der Waals surface area contributed by atoms with Crippen LogP contribution in [0.1, 0.15) is 32.1 Å². The number of rotatable bonds is 6. The fraction of sp³-hybridized carbons (Fsp3) is 0.909. The van der Waals surface area contributed by atoms with Crippen molar-refractivity contribution in [3.05, 3.63) is 0 Å². The smallest absolute Gasteiger partial charge is 0.0905 e. The van der Waals surface area contributed by atoms with Gasteiger partial charge in [0.2, 0.25) is 0 Å². The first kappa shape index (κ1) is 12.5. The third-order valence-electron chi connectivity index (χ3n) is 3.06. The van der Waals surface area contributed by atoms with Crippen molar-refractivity contribution in [1.29, 1.82) is 5.41 Å². The zero-order valence-corrected chi connectivity index (χ0v) is 9.41. The zero-order valence-electron chi connectivity index (χ0n) is 9.41. The Balaban J connectivity index is 2.15. The average molecular weight is 213 g/mol. The molecule has 1 fully saturated rings. The van der Waals surface area contributed by atoms with Crippen LogP contribution in [0.2, 0.25) is 0 Å². The molecule has 4 heteroatoms. The third kappa shape index (κ3) is 5.14. The Hall–Kier alpha value is -0.610. The van der Waals surface area contributed by atoms with E-state index < -0.39 is 0 Å². The van der Waals surface area contributed by atoms with E-state index in [4.69, 9.17) is 16.2 Å². The summed E-state index contributed by atoms with van der Waals surface area (Å²) in [7, 11) is 0. The molecule has 1 rings (SSSR count). The number of hydrogen-bond donors (Lipinski definition) is 3. The minimum Gasteiger partial charge on any atom is -0.396 e. The largest absolute Gasteiger partial charge is 0.396 e. The molecule has 4 nitrogen and oxygen atoms in total. The normalized spacial score (nSPS) is 22.9. The zero-order chi connectivity index (χ0) is 11.1. The predicted molar refractivity (Wildman–Crippen MR) is 62.0 cm³/mol. The molecule has 88 valence electrons. The van der Waals surface area contributed by atoms with Crippen molar-refractivity contribution in [2.24, 2.45) is 11.7 Å². The van der Waals surface area contributed by atoms with Crippen LogP contribution in [0.25, 0.3) is 0 Å². The first-order chi connectivity index (χ1) is 7.22. The first-order valence-corrected chi connectivity index (χ1v) is 5.88. The molecule has 0 aromatic carbocycles. The molecule has 0 spiro atoms. The summed E-state index contributed by atoms with van der Waals surface area (Å²) in [5.74, 6) is 0.958. The van der Waals surface area contributed by atoms with Gasteiger partial charge in [-0.1, -0.05) is 0 Å². The SMILES string of the molecule is N=C(N)CCCN1CCCC(CCO)C1. The number of piperidine rings is 1. The number of nitrogens with one attached hydrogen (secondary N) is 1. The maximum atomic E-state index is 8.89. The van der Waals surface area contributed by atoms with Crippen LogP contribution in [0.3, 0.4) is 0 Å². The maximum Gasteiger partial charge on any atom is 0.0905 e. The Kier molecular flexibility index (Phi) is 5.65. The van der Waals surface area contributed by atoms with Crippen molar-refractivity contribution in [2.45, 2.75) is 32.1 Å². The monoisotopic (exact) mass is 213 g/mol. The fourth-order valence-electron chi connectivity index (χ4n) is 2.27. The highest BCUT2D eigenvalue weighted by Crippen LogP contribution is 2.19. The Morgan fingerprint density at radius 3 is 3.00 bits per heavy atom. The summed E-state index contributed by atoms with van der Waals surface area (Å²) in [6.45, 7) is 3.63. The molecule has 1 heterocycles. The molecular formula is C11H23N3O. The minimum absolute atomic E-state index is 0.291. The van der Waals surface area contributed by atoms with Gasteiger partial charge < -0.3 is 15.7 Å². The number of nitrogens with two attached hydrogens (primary N) is 1. The van der Waals surface area contributed by atoms with Gasteiger partial charge in [0.15, 0.2) is 0 Å². The van der Waals surface area contributed by atoms with Gasteiger partial charge in [0, 0.05) is 19.6 Å². The predicted octanol–water partition coefficient (Wildman–Crippen LogP) is 0.797. The van der Waals surface area contributed by atoms with Crippen molar-refractivity contribution in [3.63, 3.8) is 0 Å². The van der Waals surface area contributed by atoms with Crippen molar-refractivity contribution in [1.82, 2.24) is 4.90 Å². The Bertz CT molecular complexity index is 194. The van der Waals surface area contributed by atoms with Crippen LogP contribution in [0.4, 0.5) is 0 Å². The van der Waals surface area contributed by atoms with Crippen LogP contribution < -0.4 is 5.73 Å². The molecule has 15 heavy (non-hydrogen) atoms. The van der Waals surface area contributed by atoms with Crippen LogP contribution in [0.5, 0.6) is 0 Å². The molecule has 0 aromatic heterocycles. The average Bonchev–Trinajstić information content (AvgIpc) is 2.18. The molecule has 0 aromatic rings. The van der Waals surface area contributed by atoms with Crippen molar-refractivity contribution >= 4 is 5.84 Å². The fourth-order valence-corrected chi connectivity index (χ4v) is 2.27. The summed E-state index contributed by atoms with van der Waals surface area (Å²) in [6.07, 6.45) is 5.13. The second-order valence-corrected chi connectivity index (χ2v) is 4.45. The van der Waals surface area contributed by atoms with Gasteiger partial charge in [0.25, 0.3) is 0 Å². The Morgan fingerprint density at radius 2 is 2.33 bits per heavy atom. The molecule has 1 atom stereocenters. The van der Waals surface area contributed by atoms with Gasteiger partial charge in [-0.2, -0.15) is 0 Å². The summed E-state index contributed by atoms with van der Waals surface area (Å²) in [5, 5.41) is 16.0. The quantitative estimate of drug-likeness (QED) is 0.451. The molecule has 1 aliphatic heterocycles. The van der Waals surface area contributed by atoms with Gasteiger partial charge in [-0.3, -0.25) is 5.41 Å². The highest BCUT2D eigenvalue weighted by molar-refractivity contribution is 5.76. The van der Waals surface area contributed by atoms with E-state index in [0.717, 1.165) is 25.9 Å². The molecule has 0 amide bonds. The topological polar surface area (TPSA) is 73.3 Å². The van der Waals surface area contributed by atoms with E-state index in [1.165, 1.54) is 19.4 Å². The summed E-state index contributed by atoms with van der Waals surface area (Å²) in [4.78, 5) is 2.44. The number of amidine groups is 1. The molecule has 1 saturated heterocycles. The van der Waals surface area contributed by atoms with Crippen molar-refractivity contribution < 1.29 is 5.11 Å². The number of aliphatic hydroxyl groups excluding tert-OH is 1. The van der Waals surface area contributed by atoms with E-state index in [2.05, 4.69) is 4.90 Å². The second kappa shape index (κ2) is 6.80. The van der Waals surface area contributed by atoms with Gasteiger partial charge in [-0.25, -0.2) is 0 Å². The van der Waals surface area contributed by atoms with E-state index in [1.54, 1.807) is 0 Å². The number of likely N-dealkylation sites (tertiary alicyclic amines) is 1. The van der Waals surface area contributed by atoms with Gasteiger partial charge >= 0.3 is 0 Å². The number of nitrogens with zero attached hydrogens (tertiary/aromatic N) is 1. The standard InChI is InChI=1S/C11H23N3O/c12-11(13)4-2-7-14-6-1-3-10(9-14)5-8-15/h10,15H,1-9H2,(H3,12,13). The molecule has 0 radical (unpaired) electrons. The van der Waals surface area contributed by atoms with Crippen LogP contribution >= 0.6 is 0 Å². The van der Waals surface area contributed by atoms with E-state index in [-0.39, 0.29) is 0 Å². The van der Waals surface area contributed by atoms with Gasteiger partial charge in [0.1, 0.15) is 0 Å². The van der Waals surface area contributed by atoms with Crippen molar-refractivity contribution in [3.8, 4) is 0 Å². The van der Waals surface area contributed by atoms with Crippen molar-refractivity contribution in [2.75, 3.05) is 26.2 Å². The van der Waals surface area contributed by atoms with Gasteiger partial charge in [-0.05, 0) is 44.7 Å². The highest BCUT2D eigenvalue weighted by atomic mass is 16.3. The van der Waals surface area contributed by atoms with Crippen LogP contribution in [-0.2, 0) is 0 Å². The van der Waals surface area contributed by atoms with Gasteiger partial charge in [-0.15, -0.1) is 0 Å². The lowest BCUT2D eigenvalue weighted by molar-refractivity contribution is 0.147. The summed E-state index contributed by atoms with van der Waals surface area (Å²) in [6, 6.07) is 0. The number of hydrogen-bond acceptors (Lipinski definition) is 3. The Labute approximate surface area is 92.0 Å². The van der Waals surface area contributed by atoms with Crippen LogP contribution in [-0.4, -0.2) is 42.1 Å². The summed E-state index contributed by atoms with van der Waals surface area (Å²) in [5.41, 5.74) is 5.31. The molecule has 0 saturated carbocycles. The minimum atomic E-state index is 0.291. The van der Waals surface area contributed by atoms with Crippen LogP contribution in [0.15, 0.2) is 0 Å². The maximum absolute atomic E-state index is 8.89. The molecule has 0 aliphatic carbocycles.